The van der Waals surface area contributed by atoms with E-state index in [0.29, 0.717) is 24.4 Å². The number of carbonyl (C=O) groups excluding carboxylic acids is 2. The summed E-state index contributed by atoms with van der Waals surface area (Å²) in [7, 11) is -4.79. The SMILES string of the molecule is O=C(NCc1ccccc1)[C@H]1CCC2CN1C(=O)N2OS(=O)(=O)O. The van der Waals surface area contributed by atoms with E-state index in [1.54, 1.807) is 0 Å². The summed E-state index contributed by atoms with van der Waals surface area (Å²) in [5, 5.41) is 3.40. The number of carbonyl (C=O) groups is 2. The van der Waals surface area contributed by atoms with Crippen molar-refractivity contribution in [2.75, 3.05) is 6.54 Å². The maximum atomic E-state index is 12.4. The molecule has 24 heavy (non-hydrogen) atoms. The number of benzene rings is 1. The summed E-state index contributed by atoms with van der Waals surface area (Å²) in [4.78, 5) is 25.9. The molecule has 2 N–H and O–H groups in total. The number of amides is 3. The average Bonchev–Trinajstić information content (AvgIpc) is 2.77. The Morgan fingerprint density at radius 1 is 1.29 bits per heavy atom. The minimum atomic E-state index is -4.79. The van der Waals surface area contributed by atoms with E-state index in [9.17, 15) is 18.0 Å². The molecule has 1 unspecified atom stereocenters. The largest absolute Gasteiger partial charge is 0.418 e. The molecule has 2 aliphatic rings. The van der Waals surface area contributed by atoms with E-state index in [4.69, 9.17) is 4.55 Å². The lowest BCUT2D eigenvalue weighted by atomic mass is 10.0. The molecule has 0 radical (unpaired) electrons. The molecule has 2 aliphatic heterocycles. The van der Waals surface area contributed by atoms with E-state index >= 15 is 0 Å². The molecule has 0 aliphatic carbocycles. The molecule has 2 fully saturated rings. The number of fused-ring (bicyclic) bond motifs is 2. The van der Waals surface area contributed by atoms with Crippen LogP contribution in [0.15, 0.2) is 30.3 Å². The van der Waals surface area contributed by atoms with Crippen molar-refractivity contribution in [3.8, 4) is 0 Å². The Hall–Kier alpha value is -2.17. The quantitative estimate of drug-likeness (QED) is 0.734. The van der Waals surface area contributed by atoms with Crippen LogP contribution in [-0.4, -0.2) is 53.5 Å². The van der Waals surface area contributed by atoms with Crippen LogP contribution in [0.4, 0.5) is 4.79 Å². The van der Waals surface area contributed by atoms with Crippen molar-refractivity contribution in [3.63, 3.8) is 0 Å². The van der Waals surface area contributed by atoms with Crippen LogP contribution in [-0.2, 0) is 26.0 Å². The van der Waals surface area contributed by atoms with Crippen molar-refractivity contribution < 1.29 is 26.8 Å². The van der Waals surface area contributed by atoms with Crippen LogP contribution in [0, 0.1) is 0 Å². The van der Waals surface area contributed by atoms with E-state index in [1.807, 2.05) is 30.3 Å². The van der Waals surface area contributed by atoms with Gasteiger partial charge in [0.15, 0.2) is 0 Å². The molecular weight excluding hydrogens is 338 g/mol. The third kappa shape index (κ3) is 3.50. The van der Waals surface area contributed by atoms with Crippen LogP contribution in [0.2, 0.25) is 0 Å². The number of hydrogen-bond acceptors (Lipinski definition) is 5. The van der Waals surface area contributed by atoms with Crippen molar-refractivity contribution in [3.05, 3.63) is 35.9 Å². The average molecular weight is 355 g/mol. The summed E-state index contributed by atoms with van der Waals surface area (Å²) in [6, 6.07) is 7.42. The van der Waals surface area contributed by atoms with Gasteiger partial charge in [0, 0.05) is 13.1 Å². The van der Waals surface area contributed by atoms with E-state index in [0.717, 1.165) is 5.56 Å². The maximum Gasteiger partial charge on any atom is 0.418 e. The fraction of sp³-hybridized carbons (Fsp3) is 0.429. The number of rotatable bonds is 5. The molecule has 0 saturated carbocycles. The van der Waals surface area contributed by atoms with Crippen LogP contribution in [0.25, 0.3) is 0 Å². The molecule has 2 bridgehead atoms. The smallest absolute Gasteiger partial charge is 0.350 e. The van der Waals surface area contributed by atoms with Crippen molar-refractivity contribution in [2.45, 2.75) is 31.5 Å². The summed E-state index contributed by atoms with van der Waals surface area (Å²) in [6.07, 6.45) is 0.795. The molecule has 2 atom stereocenters. The number of hydroxylamine groups is 2. The summed E-state index contributed by atoms with van der Waals surface area (Å²) in [6.45, 7) is 0.518. The highest BCUT2D eigenvalue weighted by molar-refractivity contribution is 7.80. The second-order valence-corrected chi connectivity index (χ2v) is 6.72. The second kappa shape index (κ2) is 6.38. The number of nitrogens with zero attached hydrogens (tertiary/aromatic N) is 2. The Balaban J connectivity index is 1.64. The predicted octanol–water partition coefficient (Wildman–Crippen LogP) is 0.306. The van der Waals surface area contributed by atoms with Crippen molar-refractivity contribution in [1.29, 1.82) is 0 Å². The van der Waals surface area contributed by atoms with Crippen LogP contribution in [0.1, 0.15) is 18.4 Å². The molecule has 0 spiro atoms. The minimum Gasteiger partial charge on any atom is -0.350 e. The molecule has 3 rings (SSSR count). The second-order valence-electron chi connectivity index (χ2n) is 5.71. The number of nitrogens with one attached hydrogen (secondary N) is 1. The Morgan fingerprint density at radius 3 is 2.67 bits per heavy atom. The summed E-state index contributed by atoms with van der Waals surface area (Å²) in [5.74, 6) is -0.306. The fourth-order valence-corrected chi connectivity index (χ4v) is 3.40. The van der Waals surface area contributed by atoms with E-state index in [-0.39, 0.29) is 12.5 Å². The zero-order valence-electron chi connectivity index (χ0n) is 12.7. The van der Waals surface area contributed by atoms with Gasteiger partial charge < -0.3 is 10.2 Å². The summed E-state index contributed by atoms with van der Waals surface area (Å²) < 4.78 is 34.8. The first-order valence-electron chi connectivity index (χ1n) is 7.43. The van der Waals surface area contributed by atoms with Gasteiger partial charge >= 0.3 is 16.4 Å². The van der Waals surface area contributed by atoms with Crippen LogP contribution in [0.5, 0.6) is 0 Å². The zero-order chi connectivity index (χ0) is 17.3. The van der Waals surface area contributed by atoms with Crippen molar-refractivity contribution in [2.24, 2.45) is 0 Å². The molecule has 1 aromatic carbocycles. The topological polar surface area (TPSA) is 116 Å². The van der Waals surface area contributed by atoms with Crippen LogP contribution in [0.3, 0.4) is 0 Å². The van der Waals surface area contributed by atoms with Gasteiger partial charge in [-0.2, -0.15) is 13.5 Å². The molecule has 3 amide bonds. The monoisotopic (exact) mass is 355 g/mol. The predicted molar refractivity (Wildman–Crippen MR) is 81.7 cm³/mol. The number of hydrogen-bond donors (Lipinski definition) is 2. The Kier molecular flexibility index (Phi) is 4.43. The van der Waals surface area contributed by atoms with Gasteiger partial charge in [-0.25, -0.2) is 4.79 Å². The highest BCUT2D eigenvalue weighted by Gasteiger charge is 2.49. The third-order valence-electron chi connectivity index (χ3n) is 4.11. The Bertz CT molecular complexity index is 738. The van der Waals surface area contributed by atoms with Gasteiger partial charge in [-0.15, -0.1) is 4.28 Å². The van der Waals surface area contributed by atoms with Gasteiger partial charge in [0.1, 0.15) is 6.04 Å². The lowest BCUT2D eigenvalue weighted by Crippen LogP contribution is -2.49. The van der Waals surface area contributed by atoms with Crippen LogP contribution < -0.4 is 5.32 Å². The standard InChI is InChI=1S/C14H17N3O6S/c18-13(15-8-10-4-2-1-3-5-10)12-7-6-11-9-16(12)14(19)17(11)23-24(20,21)22/h1-5,11-12H,6-9H2,(H,15,18)(H,20,21,22)/t11?,12-/m1/s1. The first-order valence-corrected chi connectivity index (χ1v) is 8.80. The van der Waals surface area contributed by atoms with Gasteiger partial charge in [-0.05, 0) is 18.4 Å². The van der Waals surface area contributed by atoms with E-state index in [1.165, 1.54) is 4.90 Å². The third-order valence-corrected chi connectivity index (χ3v) is 4.46. The van der Waals surface area contributed by atoms with Gasteiger partial charge in [0.2, 0.25) is 5.91 Å². The van der Waals surface area contributed by atoms with Crippen molar-refractivity contribution >= 4 is 22.3 Å². The molecule has 1 aromatic rings. The van der Waals surface area contributed by atoms with E-state index < -0.39 is 28.5 Å². The molecule has 9 nitrogen and oxygen atoms in total. The molecular formula is C14H17N3O6S. The highest BCUT2D eigenvalue weighted by Crippen LogP contribution is 2.30. The van der Waals surface area contributed by atoms with Gasteiger partial charge in [-0.1, -0.05) is 30.3 Å². The van der Waals surface area contributed by atoms with Gasteiger partial charge in [0.25, 0.3) is 0 Å². The first kappa shape index (κ1) is 16.7. The Labute approximate surface area is 139 Å². The first-order chi connectivity index (χ1) is 11.3. The molecule has 0 aromatic heterocycles. The molecule has 2 heterocycles. The molecule has 10 heteroatoms. The lowest BCUT2D eigenvalue weighted by Gasteiger charge is -2.29. The Morgan fingerprint density at radius 2 is 2.00 bits per heavy atom. The summed E-state index contributed by atoms with van der Waals surface area (Å²) in [5.41, 5.74) is 0.934. The highest BCUT2D eigenvalue weighted by atomic mass is 32.3. The van der Waals surface area contributed by atoms with Gasteiger partial charge in [0.05, 0.1) is 6.04 Å². The van der Waals surface area contributed by atoms with Crippen molar-refractivity contribution in [1.82, 2.24) is 15.3 Å². The fourth-order valence-electron chi connectivity index (χ4n) is 3.01. The number of urea groups is 1. The lowest BCUT2D eigenvalue weighted by molar-refractivity contribution is -0.126. The summed E-state index contributed by atoms with van der Waals surface area (Å²) >= 11 is 0. The van der Waals surface area contributed by atoms with Gasteiger partial charge in [-0.3, -0.25) is 9.35 Å². The van der Waals surface area contributed by atoms with E-state index in [2.05, 4.69) is 9.60 Å². The van der Waals surface area contributed by atoms with Crippen LogP contribution >= 0.6 is 0 Å². The maximum absolute atomic E-state index is 12.4. The minimum absolute atomic E-state index is 0.178. The zero-order valence-corrected chi connectivity index (χ0v) is 13.5. The molecule has 130 valence electrons. The normalized spacial score (nSPS) is 23.5. The number of piperidine rings is 1. The molecule has 2 saturated heterocycles.